The maximum absolute atomic E-state index is 12.4. The summed E-state index contributed by atoms with van der Waals surface area (Å²) >= 11 is 0. The van der Waals surface area contributed by atoms with E-state index >= 15 is 0 Å². The van der Waals surface area contributed by atoms with Crippen molar-refractivity contribution in [2.75, 3.05) is 18.0 Å². The molecule has 1 aliphatic carbocycles. The molecular formula is C20H26N2O2. The summed E-state index contributed by atoms with van der Waals surface area (Å²) in [6.45, 7) is 3.18. The molecular weight excluding hydrogens is 300 g/mol. The highest BCUT2D eigenvalue weighted by Crippen LogP contribution is 2.25. The first-order valence-corrected chi connectivity index (χ1v) is 8.96. The van der Waals surface area contributed by atoms with Gasteiger partial charge in [-0.05, 0) is 51.2 Å². The van der Waals surface area contributed by atoms with Crippen molar-refractivity contribution in [3.05, 3.63) is 41.5 Å². The zero-order valence-corrected chi connectivity index (χ0v) is 14.4. The van der Waals surface area contributed by atoms with Crippen LogP contribution in [0.5, 0.6) is 0 Å². The molecule has 0 spiro atoms. The van der Waals surface area contributed by atoms with Crippen LogP contribution in [0.3, 0.4) is 0 Å². The van der Waals surface area contributed by atoms with Gasteiger partial charge in [-0.2, -0.15) is 0 Å². The van der Waals surface area contributed by atoms with E-state index < -0.39 is 0 Å². The fraction of sp³-hybridized carbons (Fsp3) is 0.500. The number of rotatable bonds is 5. The number of benzene rings is 1. The van der Waals surface area contributed by atoms with Gasteiger partial charge in [0.15, 0.2) is 0 Å². The van der Waals surface area contributed by atoms with E-state index in [1.54, 1.807) is 4.90 Å². The quantitative estimate of drug-likeness (QED) is 0.844. The average molecular weight is 326 g/mol. The van der Waals surface area contributed by atoms with Crippen LogP contribution in [-0.4, -0.2) is 24.9 Å². The molecule has 0 saturated carbocycles. The molecule has 1 aromatic rings. The number of nitrogens with one attached hydrogen (secondary N) is 1. The molecule has 1 heterocycles. The molecule has 1 atom stereocenters. The van der Waals surface area contributed by atoms with E-state index in [1.165, 1.54) is 31.3 Å². The van der Waals surface area contributed by atoms with Crippen molar-refractivity contribution in [2.24, 2.45) is 5.92 Å². The summed E-state index contributed by atoms with van der Waals surface area (Å²) in [6, 6.07) is 7.88. The van der Waals surface area contributed by atoms with Gasteiger partial charge in [0.25, 0.3) is 0 Å². The van der Waals surface area contributed by atoms with E-state index in [9.17, 15) is 9.59 Å². The minimum absolute atomic E-state index is 0.00868. The Balaban J connectivity index is 1.50. The lowest BCUT2D eigenvalue weighted by molar-refractivity contribution is -0.126. The predicted molar refractivity (Wildman–Crippen MR) is 95.8 cm³/mol. The third-order valence-electron chi connectivity index (χ3n) is 4.97. The predicted octanol–water partition coefficient (Wildman–Crippen LogP) is 3.35. The zero-order chi connectivity index (χ0) is 16.9. The highest BCUT2D eigenvalue weighted by atomic mass is 16.2. The van der Waals surface area contributed by atoms with Crippen LogP contribution in [0, 0.1) is 12.8 Å². The summed E-state index contributed by atoms with van der Waals surface area (Å²) in [5, 5.41) is 3.01. The summed E-state index contributed by atoms with van der Waals surface area (Å²) in [6.07, 6.45) is 8.45. The molecule has 0 bridgehead atoms. The normalized spacial score (nSPS) is 20.9. The van der Waals surface area contributed by atoms with Crippen molar-refractivity contribution in [1.29, 1.82) is 0 Å². The second kappa shape index (κ2) is 7.65. The highest BCUT2D eigenvalue weighted by Gasteiger charge is 2.34. The maximum Gasteiger partial charge on any atom is 0.227 e. The molecule has 0 aromatic heterocycles. The molecule has 128 valence electrons. The molecule has 0 unspecified atom stereocenters. The van der Waals surface area contributed by atoms with Gasteiger partial charge in [0.1, 0.15) is 0 Å². The second-order valence-corrected chi connectivity index (χ2v) is 6.89. The van der Waals surface area contributed by atoms with E-state index in [-0.39, 0.29) is 17.7 Å². The SMILES string of the molecule is Cc1ccc(N2C[C@H](C(=O)NCCC3=CCCCC3)CC2=O)cc1. The monoisotopic (exact) mass is 326 g/mol. The Morgan fingerprint density at radius 3 is 2.75 bits per heavy atom. The third kappa shape index (κ3) is 4.05. The largest absolute Gasteiger partial charge is 0.355 e. The number of nitrogens with zero attached hydrogens (tertiary/aromatic N) is 1. The van der Waals surface area contributed by atoms with E-state index in [1.807, 2.05) is 31.2 Å². The second-order valence-electron chi connectivity index (χ2n) is 6.89. The zero-order valence-electron chi connectivity index (χ0n) is 14.4. The molecule has 1 N–H and O–H groups in total. The highest BCUT2D eigenvalue weighted by molar-refractivity contribution is 6.00. The Bertz CT molecular complexity index is 634. The van der Waals surface area contributed by atoms with Crippen LogP contribution in [0.15, 0.2) is 35.9 Å². The van der Waals surface area contributed by atoms with Crippen molar-refractivity contribution in [2.45, 2.75) is 45.4 Å². The number of carbonyl (C=O) groups excluding carboxylic acids is 2. The van der Waals surface area contributed by atoms with Gasteiger partial charge in [0.2, 0.25) is 11.8 Å². The minimum atomic E-state index is -0.237. The van der Waals surface area contributed by atoms with E-state index in [2.05, 4.69) is 11.4 Å². The summed E-state index contributed by atoms with van der Waals surface area (Å²) in [5.74, 6) is -0.192. The number of allylic oxidation sites excluding steroid dienone is 1. The Kier molecular flexibility index (Phi) is 5.34. The van der Waals surface area contributed by atoms with Gasteiger partial charge in [0.05, 0.1) is 5.92 Å². The smallest absolute Gasteiger partial charge is 0.227 e. The van der Waals surface area contributed by atoms with Crippen LogP contribution in [-0.2, 0) is 9.59 Å². The van der Waals surface area contributed by atoms with Crippen LogP contribution in [0.1, 0.15) is 44.1 Å². The number of hydrogen-bond acceptors (Lipinski definition) is 2. The van der Waals surface area contributed by atoms with Crippen LogP contribution in [0.25, 0.3) is 0 Å². The summed E-state index contributed by atoms with van der Waals surface area (Å²) in [4.78, 5) is 26.3. The number of hydrogen-bond donors (Lipinski definition) is 1. The molecule has 1 aromatic carbocycles. The Hall–Kier alpha value is -2.10. The van der Waals surface area contributed by atoms with Crippen molar-refractivity contribution in [3.63, 3.8) is 0 Å². The lowest BCUT2D eigenvalue weighted by atomic mass is 9.97. The molecule has 3 rings (SSSR count). The van der Waals surface area contributed by atoms with Crippen molar-refractivity contribution in [1.82, 2.24) is 5.32 Å². The lowest BCUT2D eigenvalue weighted by Crippen LogP contribution is -2.33. The van der Waals surface area contributed by atoms with E-state index in [4.69, 9.17) is 0 Å². The van der Waals surface area contributed by atoms with Gasteiger partial charge in [-0.1, -0.05) is 29.3 Å². The maximum atomic E-state index is 12.4. The van der Waals surface area contributed by atoms with Gasteiger partial charge in [-0.3, -0.25) is 9.59 Å². The average Bonchev–Trinajstić information content (AvgIpc) is 2.98. The molecule has 0 radical (unpaired) electrons. The van der Waals surface area contributed by atoms with Gasteiger partial charge in [-0.15, -0.1) is 0 Å². The first-order chi connectivity index (χ1) is 11.6. The van der Waals surface area contributed by atoms with Crippen molar-refractivity contribution < 1.29 is 9.59 Å². The van der Waals surface area contributed by atoms with Gasteiger partial charge in [0, 0.05) is 25.2 Å². The van der Waals surface area contributed by atoms with Gasteiger partial charge < -0.3 is 10.2 Å². The van der Waals surface area contributed by atoms with Crippen LogP contribution in [0.2, 0.25) is 0 Å². The Morgan fingerprint density at radius 1 is 1.25 bits per heavy atom. The minimum Gasteiger partial charge on any atom is -0.355 e. The first-order valence-electron chi connectivity index (χ1n) is 8.96. The number of carbonyl (C=O) groups is 2. The number of anilines is 1. The standard InChI is InChI=1S/C20H26N2O2/c1-15-7-9-18(10-8-15)22-14-17(13-19(22)23)20(24)21-12-11-16-5-3-2-4-6-16/h5,7-10,17H,2-4,6,11-14H2,1H3,(H,21,24)/t17-/m1/s1. The van der Waals surface area contributed by atoms with Crippen molar-refractivity contribution in [3.8, 4) is 0 Å². The Labute approximate surface area is 143 Å². The topological polar surface area (TPSA) is 49.4 Å². The molecule has 4 nitrogen and oxygen atoms in total. The summed E-state index contributed by atoms with van der Waals surface area (Å²) in [7, 11) is 0. The van der Waals surface area contributed by atoms with Crippen LogP contribution in [0.4, 0.5) is 5.69 Å². The molecule has 1 fully saturated rings. The van der Waals surface area contributed by atoms with E-state index in [0.717, 1.165) is 17.7 Å². The third-order valence-corrected chi connectivity index (χ3v) is 4.97. The number of aryl methyl sites for hydroxylation is 1. The molecule has 24 heavy (non-hydrogen) atoms. The molecule has 1 saturated heterocycles. The van der Waals surface area contributed by atoms with Gasteiger partial charge >= 0.3 is 0 Å². The van der Waals surface area contributed by atoms with Crippen LogP contribution < -0.4 is 10.2 Å². The molecule has 4 heteroatoms. The molecule has 1 aliphatic heterocycles. The van der Waals surface area contributed by atoms with Crippen molar-refractivity contribution >= 4 is 17.5 Å². The fourth-order valence-corrected chi connectivity index (χ4v) is 3.48. The fourth-order valence-electron chi connectivity index (χ4n) is 3.48. The van der Waals surface area contributed by atoms with Gasteiger partial charge in [-0.25, -0.2) is 0 Å². The molecule has 2 amide bonds. The first kappa shape index (κ1) is 16.7. The van der Waals surface area contributed by atoms with E-state index in [0.29, 0.717) is 19.5 Å². The lowest BCUT2D eigenvalue weighted by Gasteiger charge is -2.17. The Morgan fingerprint density at radius 2 is 2.04 bits per heavy atom. The van der Waals surface area contributed by atoms with Crippen LogP contribution >= 0.6 is 0 Å². The number of amides is 2. The molecule has 2 aliphatic rings. The summed E-state index contributed by atoms with van der Waals surface area (Å²) in [5.41, 5.74) is 3.51. The summed E-state index contributed by atoms with van der Waals surface area (Å²) < 4.78 is 0.